The van der Waals surface area contributed by atoms with Gasteiger partial charge in [-0.15, -0.1) is 0 Å². The average Bonchev–Trinajstić information content (AvgIpc) is 2.40. The Hall–Kier alpha value is 0.270. The van der Waals surface area contributed by atoms with Gasteiger partial charge in [-0.1, -0.05) is 33.1 Å². The molecule has 1 unspecified atom stereocenters. The largest absolute Gasteiger partial charge is 0.316 e. The van der Waals surface area contributed by atoms with Crippen molar-refractivity contribution in [3.63, 3.8) is 0 Å². The Kier molecular flexibility index (Phi) is 6.51. The zero-order chi connectivity index (χ0) is 13.6. The number of hydrogen-bond donors (Lipinski definition) is 1. The highest BCUT2D eigenvalue weighted by Gasteiger charge is 2.34. The molecule has 1 saturated heterocycles. The van der Waals surface area contributed by atoms with Crippen LogP contribution in [-0.4, -0.2) is 48.6 Å². The van der Waals surface area contributed by atoms with Crippen LogP contribution in [0.15, 0.2) is 0 Å². The standard InChI is InChI=1S/C16H32N2S/c1-3-9-17-13-16(7-5-4-6-8-16)14-18-10-11-19-15(2)12-18/h15,17H,3-14H2,1-2H3. The fourth-order valence-electron chi connectivity index (χ4n) is 3.73. The first-order valence-corrected chi connectivity index (χ1v) is 9.34. The first kappa shape index (κ1) is 15.7. The smallest absolute Gasteiger partial charge is 0.0147 e. The molecule has 1 saturated carbocycles. The van der Waals surface area contributed by atoms with Crippen LogP contribution in [0, 0.1) is 5.41 Å². The summed E-state index contributed by atoms with van der Waals surface area (Å²) in [7, 11) is 0. The molecule has 2 nitrogen and oxygen atoms in total. The van der Waals surface area contributed by atoms with Gasteiger partial charge in [-0.25, -0.2) is 0 Å². The van der Waals surface area contributed by atoms with Crippen LogP contribution in [0.25, 0.3) is 0 Å². The zero-order valence-corrected chi connectivity index (χ0v) is 13.7. The van der Waals surface area contributed by atoms with Gasteiger partial charge in [-0.05, 0) is 31.2 Å². The number of hydrogen-bond acceptors (Lipinski definition) is 3. The Morgan fingerprint density at radius 1 is 1.26 bits per heavy atom. The normalized spacial score (nSPS) is 28.4. The SMILES string of the molecule is CCCNCC1(CN2CCSC(C)C2)CCCCC1. The fraction of sp³-hybridized carbons (Fsp3) is 1.00. The van der Waals surface area contributed by atoms with E-state index in [1.165, 1.54) is 77.0 Å². The number of nitrogens with one attached hydrogen (secondary N) is 1. The molecule has 0 radical (unpaired) electrons. The molecule has 1 aliphatic heterocycles. The first-order chi connectivity index (χ1) is 9.24. The Bertz CT molecular complexity index is 251. The van der Waals surface area contributed by atoms with Crippen molar-refractivity contribution in [2.75, 3.05) is 38.5 Å². The maximum absolute atomic E-state index is 3.71. The van der Waals surface area contributed by atoms with Gasteiger partial charge in [0.15, 0.2) is 0 Å². The van der Waals surface area contributed by atoms with Crippen LogP contribution in [-0.2, 0) is 0 Å². The van der Waals surface area contributed by atoms with Crippen molar-refractivity contribution >= 4 is 11.8 Å². The summed E-state index contributed by atoms with van der Waals surface area (Å²) in [4.78, 5) is 2.75. The second-order valence-corrected chi connectivity index (χ2v) is 8.20. The lowest BCUT2D eigenvalue weighted by atomic mass is 9.73. The number of nitrogens with zero attached hydrogens (tertiary/aromatic N) is 1. The van der Waals surface area contributed by atoms with Crippen LogP contribution in [0.4, 0.5) is 0 Å². The Morgan fingerprint density at radius 2 is 2.05 bits per heavy atom. The van der Waals surface area contributed by atoms with E-state index in [0.717, 1.165) is 5.25 Å². The summed E-state index contributed by atoms with van der Waals surface area (Å²) in [6, 6.07) is 0. The lowest BCUT2D eigenvalue weighted by Crippen LogP contribution is -2.48. The van der Waals surface area contributed by atoms with E-state index < -0.39 is 0 Å². The molecule has 112 valence electrons. The molecule has 1 aliphatic carbocycles. The Labute approximate surface area is 124 Å². The fourth-order valence-corrected chi connectivity index (χ4v) is 4.81. The summed E-state index contributed by atoms with van der Waals surface area (Å²) in [6.07, 6.45) is 8.51. The van der Waals surface area contributed by atoms with Crippen molar-refractivity contribution in [1.29, 1.82) is 0 Å². The van der Waals surface area contributed by atoms with Crippen LogP contribution in [0.5, 0.6) is 0 Å². The molecular formula is C16H32N2S. The molecule has 2 fully saturated rings. The third kappa shape index (κ3) is 4.95. The average molecular weight is 285 g/mol. The topological polar surface area (TPSA) is 15.3 Å². The number of rotatable bonds is 6. The summed E-state index contributed by atoms with van der Waals surface area (Å²) in [5, 5.41) is 4.55. The minimum atomic E-state index is 0.579. The molecule has 2 rings (SSSR count). The Morgan fingerprint density at radius 3 is 2.74 bits per heavy atom. The van der Waals surface area contributed by atoms with Crippen molar-refractivity contribution in [2.24, 2.45) is 5.41 Å². The molecular weight excluding hydrogens is 252 g/mol. The van der Waals surface area contributed by atoms with E-state index in [2.05, 4.69) is 35.8 Å². The molecule has 2 aliphatic rings. The molecule has 0 amide bonds. The molecule has 1 atom stereocenters. The van der Waals surface area contributed by atoms with Gasteiger partial charge in [0.2, 0.25) is 0 Å². The predicted molar refractivity (Wildman–Crippen MR) is 87.0 cm³/mol. The minimum absolute atomic E-state index is 0.579. The second-order valence-electron chi connectivity index (χ2n) is 6.65. The van der Waals surface area contributed by atoms with Gasteiger partial charge >= 0.3 is 0 Å². The highest BCUT2D eigenvalue weighted by Crippen LogP contribution is 2.37. The van der Waals surface area contributed by atoms with Crippen molar-refractivity contribution < 1.29 is 0 Å². The monoisotopic (exact) mass is 284 g/mol. The zero-order valence-electron chi connectivity index (χ0n) is 12.9. The molecule has 3 heteroatoms. The van der Waals surface area contributed by atoms with Crippen LogP contribution >= 0.6 is 11.8 Å². The predicted octanol–water partition coefficient (Wildman–Crippen LogP) is 3.37. The maximum atomic E-state index is 3.71. The van der Waals surface area contributed by atoms with Crippen molar-refractivity contribution in [1.82, 2.24) is 10.2 Å². The third-order valence-electron chi connectivity index (χ3n) is 4.73. The van der Waals surface area contributed by atoms with Gasteiger partial charge in [0.1, 0.15) is 0 Å². The molecule has 1 heterocycles. The van der Waals surface area contributed by atoms with Crippen molar-refractivity contribution in [2.45, 2.75) is 57.6 Å². The van der Waals surface area contributed by atoms with Crippen LogP contribution in [0.3, 0.4) is 0 Å². The molecule has 0 aromatic rings. The molecule has 1 N–H and O–H groups in total. The molecule has 19 heavy (non-hydrogen) atoms. The van der Waals surface area contributed by atoms with E-state index in [9.17, 15) is 0 Å². The van der Waals surface area contributed by atoms with Gasteiger partial charge < -0.3 is 10.2 Å². The van der Waals surface area contributed by atoms with Gasteiger partial charge in [0, 0.05) is 37.2 Å². The van der Waals surface area contributed by atoms with E-state index in [-0.39, 0.29) is 0 Å². The summed E-state index contributed by atoms with van der Waals surface area (Å²) in [5.41, 5.74) is 0.579. The van der Waals surface area contributed by atoms with E-state index in [1.54, 1.807) is 0 Å². The van der Waals surface area contributed by atoms with Crippen LogP contribution in [0.2, 0.25) is 0 Å². The molecule has 0 aromatic carbocycles. The van der Waals surface area contributed by atoms with Gasteiger partial charge in [0.25, 0.3) is 0 Å². The molecule has 0 spiro atoms. The maximum Gasteiger partial charge on any atom is 0.0147 e. The summed E-state index contributed by atoms with van der Waals surface area (Å²) < 4.78 is 0. The van der Waals surface area contributed by atoms with Gasteiger partial charge in [-0.2, -0.15) is 11.8 Å². The second kappa shape index (κ2) is 7.90. The van der Waals surface area contributed by atoms with Crippen molar-refractivity contribution in [3.8, 4) is 0 Å². The summed E-state index contributed by atoms with van der Waals surface area (Å²) >= 11 is 2.15. The lowest BCUT2D eigenvalue weighted by Gasteiger charge is -2.43. The van der Waals surface area contributed by atoms with Crippen LogP contribution < -0.4 is 5.32 Å². The van der Waals surface area contributed by atoms with E-state index in [1.807, 2.05) is 0 Å². The van der Waals surface area contributed by atoms with Gasteiger partial charge in [0.05, 0.1) is 0 Å². The van der Waals surface area contributed by atoms with Gasteiger partial charge in [-0.3, -0.25) is 0 Å². The van der Waals surface area contributed by atoms with E-state index in [0.29, 0.717) is 5.41 Å². The quantitative estimate of drug-likeness (QED) is 0.753. The summed E-state index contributed by atoms with van der Waals surface area (Å²) in [5.74, 6) is 1.33. The molecule has 0 aromatic heterocycles. The Balaban J connectivity index is 1.88. The highest BCUT2D eigenvalue weighted by molar-refractivity contribution is 7.99. The first-order valence-electron chi connectivity index (χ1n) is 8.29. The molecule has 0 bridgehead atoms. The summed E-state index contributed by atoms with van der Waals surface area (Å²) in [6.45, 7) is 11.1. The number of thioether (sulfide) groups is 1. The van der Waals surface area contributed by atoms with E-state index in [4.69, 9.17) is 0 Å². The minimum Gasteiger partial charge on any atom is -0.316 e. The highest BCUT2D eigenvalue weighted by atomic mass is 32.2. The van der Waals surface area contributed by atoms with Crippen molar-refractivity contribution in [3.05, 3.63) is 0 Å². The van der Waals surface area contributed by atoms with Crippen LogP contribution in [0.1, 0.15) is 52.4 Å². The lowest BCUT2D eigenvalue weighted by molar-refractivity contribution is 0.105. The van der Waals surface area contributed by atoms with E-state index >= 15 is 0 Å². The third-order valence-corrected chi connectivity index (χ3v) is 5.86.